The second-order valence-corrected chi connectivity index (χ2v) is 6.74. The van der Waals surface area contributed by atoms with E-state index < -0.39 is 0 Å². The Morgan fingerprint density at radius 2 is 2.04 bits per heavy atom. The molecule has 0 saturated heterocycles. The minimum atomic E-state index is -0.198. The maximum absolute atomic E-state index is 12.1. The Hall–Kier alpha value is -2.37. The largest absolute Gasteiger partial charge is 0.353 e. The summed E-state index contributed by atoms with van der Waals surface area (Å²) in [5.74, 6) is -0.00430. The van der Waals surface area contributed by atoms with Crippen LogP contribution in [0, 0.1) is 5.92 Å². The Kier molecular flexibility index (Phi) is 4.83. The molecule has 3 amide bonds. The van der Waals surface area contributed by atoms with E-state index in [0.717, 1.165) is 36.9 Å². The summed E-state index contributed by atoms with van der Waals surface area (Å²) in [6, 6.07) is 5.17. The number of anilines is 2. The van der Waals surface area contributed by atoms with E-state index in [1.807, 2.05) is 13.0 Å². The Bertz CT molecular complexity index is 665. The van der Waals surface area contributed by atoms with Gasteiger partial charge in [-0.3, -0.25) is 14.4 Å². The molecule has 1 fully saturated rings. The van der Waals surface area contributed by atoms with Crippen molar-refractivity contribution in [3.8, 4) is 0 Å². The van der Waals surface area contributed by atoms with Crippen molar-refractivity contribution in [3.05, 3.63) is 23.8 Å². The van der Waals surface area contributed by atoms with Crippen LogP contribution < -0.4 is 16.0 Å². The van der Waals surface area contributed by atoms with Gasteiger partial charge in [-0.15, -0.1) is 0 Å². The average Bonchev–Trinajstić information content (AvgIpc) is 3.14. The van der Waals surface area contributed by atoms with Crippen LogP contribution in [0.1, 0.15) is 44.6 Å². The standard InChI is InChI=1S/C18H23N3O3/c1-11(19-18(24)12-4-2-3-5-12)8-16(22)20-14-6-7-15-13(9-14)10-17(23)21-15/h6-7,9,11-12H,2-5,8,10H2,1H3,(H,19,24)(H,20,22)(H,21,23). The van der Waals surface area contributed by atoms with E-state index in [1.54, 1.807) is 12.1 Å². The van der Waals surface area contributed by atoms with Crippen molar-refractivity contribution >= 4 is 29.1 Å². The van der Waals surface area contributed by atoms with Gasteiger partial charge in [-0.1, -0.05) is 12.8 Å². The van der Waals surface area contributed by atoms with Gasteiger partial charge < -0.3 is 16.0 Å². The molecule has 1 aliphatic carbocycles. The van der Waals surface area contributed by atoms with Gasteiger partial charge in [0.15, 0.2) is 0 Å². The van der Waals surface area contributed by atoms with Gasteiger partial charge in [-0.05, 0) is 43.5 Å². The third-order valence-corrected chi connectivity index (χ3v) is 4.62. The molecule has 2 aliphatic rings. The van der Waals surface area contributed by atoms with Gasteiger partial charge in [-0.25, -0.2) is 0 Å². The average molecular weight is 329 g/mol. The van der Waals surface area contributed by atoms with Gasteiger partial charge in [0.05, 0.1) is 6.42 Å². The van der Waals surface area contributed by atoms with Gasteiger partial charge in [-0.2, -0.15) is 0 Å². The molecule has 24 heavy (non-hydrogen) atoms. The molecule has 1 atom stereocenters. The van der Waals surface area contributed by atoms with E-state index >= 15 is 0 Å². The molecule has 1 aromatic rings. The first-order chi connectivity index (χ1) is 11.5. The highest BCUT2D eigenvalue weighted by Gasteiger charge is 2.24. The molecule has 1 saturated carbocycles. The van der Waals surface area contributed by atoms with E-state index in [1.165, 1.54) is 0 Å². The Labute approximate surface area is 141 Å². The van der Waals surface area contributed by atoms with Crippen molar-refractivity contribution in [1.82, 2.24) is 5.32 Å². The lowest BCUT2D eigenvalue weighted by Gasteiger charge is -2.17. The molecule has 0 radical (unpaired) electrons. The third-order valence-electron chi connectivity index (χ3n) is 4.62. The number of rotatable bonds is 5. The summed E-state index contributed by atoms with van der Waals surface area (Å²) >= 11 is 0. The highest BCUT2D eigenvalue weighted by atomic mass is 16.2. The predicted octanol–water partition coefficient (Wildman–Crippen LogP) is 2.20. The zero-order valence-electron chi connectivity index (χ0n) is 13.9. The summed E-state index contributed by atoms with van der Waals surface area (Å²) in [5, 5.41) is 8.52. The number of amides is 3. The number of benzene rings is 1. The van der Waals surface area contributed by atoms with Crippen LogP contribution in [0.25, 0.3) is 0 Å². The monoisotopic (exact) mass is 329 g/mol. The van der Waals surface area contributed by atoms with Crippen molar-refractivity contribution in [3.63, 3.8) is 0 Å². The zero-order chi connectivity index (χ0) is 17.1. The van der Waals surface area contributed by atoms with Gasteiger partial charge >= 0.3 is 0 Å². The van der Waals surface area contributed by atoms with Crippen LogP contribution in [0.2, 0.25) is 0 Å². The van der Waals surface area contributed by atoms with Crippen LogP contribution in [0.3, 0.4) is 0 Å². The lowest BCUT2D eigenvalue weighted by atomic mass is 10.1. The van der Waals surface area contributed by atoms with Crippen LogP contribution >= 0.6 is 0 Å². The maximum atomic E-state index is 12.1. The zero-order valence-corrected chi connectivity index (χ0v) is 13.9. The molecule has 1 unspecified atom stereocenters. The smallest absolute Gasteiger partial charge is 0.228 e. The van der Waals surface area contributed by atoms with E-state index in [-0.39, 0.29) is 36.1 Å². The molecular formula is C18H23N3O3. The normalized spacial score (nSPS) is 18.0. The molecule has 6 heteroatoms. The van der Waals surface area contributed by atoms with Gasteiger partial charge in [0.1, 0.15) is 0 Å². The quantitative estimate of drug-likeness (QED) is 0.774. The van der Waals surface area contributed by atoms with Gasteiger partial charge in [0.25, 0.3) is 0 Å². The van der Waals surface area contributed by atoms with E-state index in [4.69, 9.17) is 0 Å². The number of carbonyl (C=O) groups is 3. The first kappa shape index (κ1) is 16.5. The molecule has 1 heterocycles. The van der Waals surface area contributed by atoms with Crippen molar-refractivity contribution in [2.24, 2.45) is 5.92 Å². The fourth-order valence-electron chi connectivity index (χ4n) is 3.40. The molecular weight excluding hydrogens is 306 g/mol. The van der Waals surface area contributed by atoms with E-state index in [0.29, 0.717) is 12.1 Å². The molecule has 3 rings (SSSR count). The topological polar surface area (TPSA) is 87.3 Å². The molecule has 1 aliphatic heterocycles. The highest BCUT2D eigenvalue weighted by molar-refractivity contribution is 6.00. The predicted molar refractivity (Wildman–Crippen MR) is 91.6 cm³/mol. The lowest BCUT2D eigenvalue weighted by Crippen LogP contribution is -2.38. The Balaban J connectivity index is 1.49. The second kappa shape index (κ2) is 7.03. The number of fused-ring (bicyclic) bond motifs is 1. The molecule has 0 aromatic heterocycles. The van der Waals surface area contributed by atoms with Crippen molar-refractivity contribution in [2.45, 2.75) is 51.5 Å². The lowest BCUT2D eigenvalue weighted by molar-refractivity contribution is -0.125. The van der Waals surface area contributed by atoms with Crippen LogP contribution in [-0.4, -0.2) is 23.8 Å². The fourth-order valence-corrected chi connectivity index (χ4v) is 3.40. The van der Waals surface area contributed by atoms with Crippen LogP contribution in [0.5, 0.6) is 0 Å². The second-order valence-electron chi connectivity index (χ2n) is 6.74. The number of nitrogens with one attached hydrogen (secondary N) is 3. The fraction of sp³-hybridized carbons (Fsp3) is 0.500. The van der Waals surface area contributed by atoms with Crippen molar-refractivity contribution in [2.75, 3.05) is 10.6 Å². The summed E-state index contributed by atoms with van der Waals surface area (Å²) in [5.41, 5.74) is 2.36. The van der Waals surface area contributed by atoms with Crippen LogP contribution in [-0.2, 0) is 20.8 Å². The minimum absolute atomic E-state index is 0.0308. The summed E-state index contributed by atoms with van der Waals surface area (Å²) in [6.45, 7) is 1.84. The molecule has 0 spiro atoms. The van der Waals surface area contributed by atoms with Crippen molar-refractivity contribution < 1.29 is 14.4 Å². The molecule has 6 nitrogen and oxygen atoms in total. The first-order valence-electron chi connectivity index (χ1n) is 8.54. The number of hydrogen-bond acceptors (Lipinski definition) is 3. The maximum Gasteiger partial charge on any atom is 0.228 e. The van der Waals surface area contributed by atoms with Crippen LogP contribution in [0.4, 0.5) is 11.4 Å². The third kappa shape index (κ3) is 3.93. The summed E-state index contributed by atoms with van der Waals surface area (Å²) in [6.07, 6.45) is 4.70. The highest BCUT2D eigenvalue weighted by Crippen LogP contribution is 2.26. The first-order valence-corrected chi connectivity index (χ1v) is 8.54. The number of hydrogen-bond donors (Lipinski definition) is 3. The minimum Gasteiger partial charge on any atom is -0.353 e. The number of carbonyl (C=O) groups excluding carboxylic acids is 3. The summed E-state index contributed by atoms with van der Waals surface area (Å²) in [7, 11) is 0. The van der Waals surface area contributed by atoms with Gasteiger partial charge in [0.2, 0.25) is 17.7 Å². The van der Waals surface area contributed by atoms with Crippen LogP contribution in [0.15, 0.2) is 18.2 Å². The SMILES string of the molecule is CC(CC(=O)Nc1ccc2c(c1)CC(=O)N2)NC(=O)C1CCCC1. The van der Waals surface area contributed by atoms with E-state index in [2.05, 4.69) is 16.0 Å². The van der Waals surface area contributed by atoms with E-state index in [9.17, 15) is 14.4 Å². The Morgan fingerprint density at radius 3 is 2.79 bits per heavy atom. The molecule has 1 aromatic carbocycles. The van der Waals surface area contributed by atoms with Crippen molar-refractivity contribution in [1.29, 1.82) is 0 Å². The Morgan fingerprint density at radius 1 is 1.29 bits per heavy atom. The summed E-state index contributed by atoms with van der Waals surface area (Å²) < 4.78 is 0. The summed E-state index contributed by atoms with van der Waals surface area (Å²) in [4.78, 5) is 35.6. The molecule has 128 valence electrons. The molecule has 3 N–H and O–H groups in total. The van der Waals surface area contributed by atoms with Gasteiger partial charge in [0, 0.05) is 29.8 Å². The molecule has 0 bridgehead atoms.